The molecule has 0 unspecified atom stereocenters. The van der Waals surface area contributed by atoms with E-state index in [0.717, 1.165) is 0 Å². The van der Waals surface area contributed by atoms with Crippen LogP contribution in [0.5, 0.6) is 0 Å². The molecule has 0 radical (unpaired) electrons. The normalized spacial score (nSPS) is 11.3. The van der Waals surface area contributed by atoms with Crippen molar-refractivity contribution < 1.29 is 9.34 Å². The molecule has 0 saturated heterocycles. The highest BCUT2D eigenvalue weighted by Gasteiger charge is 2.15. The molecule has 0 bridgehead atoms. The van der Waals surface area contributed by atoms with Gasteiger partial charge in [0, 0.05) is 31.0 Å². The first-order valence-corrected chi connectivity index (χ1v) is 10.9. The van der Waals surface area contributed by atoms with Gasteiger partial charge in [0.2, 0.25) is 0 Å². The number of aromatic nitrogens is 3. The van der Waals surface area contributed by atoms with Crippen molar-refractivity contribution in [1.82, 2.24) is 14.1 Å². The van der Waals surface area contributed by atoms with Crippen molar-refractivity contribution in [3.05, 3.63) is 73.3 Å². The highest BCUT2D eigenvalue weighted by molar-refractivity contribution is 7.99. The van der Waals surface area contributed by atoms with Gasteiger partial charge in [-0.2, -0.15) is 0 Å². The third kappa shape index (κ3) is 3.68. The molecule has 11 heteroatoms. The SMILES string of the molecule is C=CCn1c(SCCCn2c(=O)oc3ccc([N+](=O)[O-])cc32)nc2sccc2c1=O. The van der Waals surface area contributed by atoms with E-state index in [1.165, 1.54) is 45.9 Å². The van der Waals surface area contributed by atoms with Gasteiger partial charge in [-0.15, -0.1) is 17.9 Å². The molecule has 0 atom stereocenters. The van der Waals surface area contributed by atoms with E-state index in [9.17, 15) is 19.7 Å². The van der Waals surface area contributed by atoms with E-state index in [4.69, 9.17) is 4.42 Å². The van der Waals surface area contributed by atoms with Gasteiger partial charge in [0.15, 0.2) is 10.7 Å². The average Bonchev–Trinajstić information content (AvgIpc) is 3.31. The summed E-state index contributed by atoms with van der Waals surface area (Å²) in [7, 11) is 0. The van der Waals surface area contributed by atoms with Crippen LogP contribution in [-0.2, 0) is 13.1 Å². The largest absolute Gasteiger partial charge is 0.419 e. The van der Waals surface area contributed by atoms with E-state index in [1.54, 1.807) is 16.7 Å². The smallest absolute Gasteiger partial charge is 0.408 e. The first kappa shape index (κ1) is 20.1. The lowest BCUT2D eigenvalue weighted by atomic mass is 10.3. The van der Waals surface area contributed by atoms with Crippen LogP contribution in [0.1, 0.15) is 6.42 Å². The van der Waals surface area contributed by atoms with Crippen LogP contribution < -0.4 is 11.3 Å². The van der Waals surface area contributed by atoms with Gasteiger partial charge in [0.25, 0.3) is 11.2 Å². The van der Waals surface area contributed by atoms with Crippen LogP contribution in [0.3, 0.4) is 0 Å². The maximum absolute atomic E-state index is 12.7. The number of rotatable bonds is 8. The molecule has 0 saturated carbocycles. The van der Waals surface area contributed by atoms with Crippen molar-refractivity contribution in [2.24, 2.45) is 0 Å². The standard InChI is InChI=1S/C19H16N4O5S2/c1-2-7-22-17(24)13-6-10-29-16(13)20-18(22)30-9-3-8-21-14-11-12(23(26)27)4-5-15(14)28-19(21)25/h2,4-6,10-11H,1,3,7-9H2. The number of thioether (sulfide) groups is 1. The molecule has 1 aromatic carbocycles. The molecular formula is C19H16N4O5S2. The second kappa shape index (κ2) is 8.28. The van der Waals surface area contributed by atoms with E-state index in [2.05, 4.69) is 11.6 Å². The van der Waals surface area contributed by atoms with Crippen LogP contribution in [0.4, 0.5) is 5.69 Å². The maximum atomic E-state index is 12.7. The number of oxazole rings is 1. The Labute approximate surface area is 177 Å². The number of benzene rings is 1. The molecule has 0 aliphatic heterocycles. The second-order valence-corrected chi connectivity index (χ2v) is 8.33. The summed E-state index contributed by atoms with van der Waals surface area (Å²) in [6, 6.07) is 5.82. The number of nitrogens with zero attached hydrogens (tertiary/aromatic N) is 4. The van der Waals surface area contributed by atoms with E-state index in [-0.39, 0.29) is 11.2 Å². The number of hydrogen-bond acceptors (Lipinski definition) is 8. The molecule has 4 aromatic rings. The predicted molar refractivity (Wildman–Crippen MR) is 117 cm³/mol. The Morgan fingerprint density at radius 3 is 2.90 bits per heavy atom. The van der Waals surface area contributed by atoms with E-state index in [0.29, 0.717) is 51.7 Å². The molecule has 3 heterocycles. The van der Waals surface area contributed by atoms with Crippen LogP contribution in [0, 0.1) is 10.1 Å². The summed E-state index contributed by atoms with van der Waals surface area (Å²) in [6.07, 6.45) is 2.23. The van der Waals surface area contributed by atoms with Crippen LogP contribution >= 0.6 is 23.1 Å². The number of fused-ring (bicyclic) bond motifs is 2. The van der Waals surface area contributed by atoms with Crippen molar-refractivity contribution in [1.29, 1.82) is 0 Å². The minimum absolute atomic E-state index is 0.103. The highest BCUT2D eigenvalue weighted by Crippen LogP contribution is 2.23. The molecule has 154 valence electrons. The zero-order valence-corrected chi connectivity index (χ0v) is 17.3. The molecule has 0 amide bonds. The molecule has 30 heavy (non-hydrogen) atoms. The quantitative estimate of drug-likeness (QED) is 0.102. The van der Waals surface area contributed by atoms with E-state index < -0.39 is 10.7 Å². The Morgan fingerprint density at radius 2 is 2.13 bits per heavy atom. The molecule has 3 aromatic heterocycles. The monoisotopic (exact) mass is 444 g/mol. The summed E-state index contributed by atoms with van der Waals surface area (Å²) in [5.74, 6) is 0.0336. The molecule has 4 rings (SSSR count). The third-order valence-electron chi connectivity index (χ3n) is 4.48. The minimum Gasteiger partial charge on any atom is -0.408 e. The molecule has 0 aliphatic rings. The van der Waals surface area contributed by atoms with Crippen molar-refractivity contribution in [3.8, 4) is 0 Å². The van der Waals surface area contributed by atoms with Crippen LogP contribution in [0.15, 0.2) is 61.5 Å². The first-order chi connectivity index (χ1) is 14.5. The van der Waals surface area contributed by atoms with Gasteiger partial charge in [-0.25, -0.2) is 9.78 Å². The summed E-state index contributed by atoms with van der Waals surface area (Å²) in [6.45, 7) is 4.39. The van der Waals surface area contributed by atoms with Gasteiger partial charge >= 0.3 is 5.76 Å². The number of allylic oxidation sites excluding steroid dienone is 1. The molecule has 0 aliphatic carbocycles. The summed E-state index contributed by atoms with van der Waals surface area (Å²) in [5, 5.41) is 14.0. The molecular weight excluding hydrogens is 428 g/mol. The van der Waals surface area contributed by atoms with Gasteiger partial charge in [0.1, 0.15) is 4.83 Å². The zero-order chi connectivity index (χ0) is 21.3. The van der Waals surface area contributed by atoms with Crippen LogP contribution in [-0.4, -0.2) is 24.8 Å². The topological polar surface area (TPSA) is 113 Å². The average molecular weight is 444 g/mol. The van der Waals surface area contributed by atoms with E-state index in [1.807, 2.05) is 5.38 Å². The lowest BCUT2D eigenvalue weighted by Gasteiger charge is -2.10. The highest BCUT2D eigenvalue weighted by atomic mass is 32.2. The number of nitro groups is 1. The van der Waals surface area contributed by atoms with Gasteiger partial charge in [-0.05, 0) is 23.9 Å². The van der Waals surface area contributed by atoms with Gasteiger partial charge in [-0.1, -0.05) is 17.8 Å². The van der Waals surface area contributed by atoms with E-state index >= 15 is 0 Å². The third-order valence-corrected chi connectivity index (χ3v) is 6.35. The number of non-ortho nitro benzene ring substituents is 1. The zero-order valence-electron chi connectivity index (χ0n) is 15.6. The van der Waals surface area contributed by atoms with Gasteiger partial charge < -0.3 is 4.42 Å². The minimum atomic E-state index is -0.558. The number of aryl methyl sites for hydroxylation is 1. The summed E-state index contributed by atoms with van der Waals surface area (Å²) >= 11 is 2.83. The lowest BCUT2D eigenvalue weighted by molar-refractivity contribution is -0.384. The van der Waals surface area contributed by atoms with Gasteiger partial charge in [-0.3, -0.25) is 24.0 Å². The molecule has 9 nitrogen and oxygen atoms in total. The van der Waals surface area contributed by atoms with Gasteiger partial charge in [0.05, 0.1) is 15.8 Å². The van der Waals surface area contributed by atoms with Crippen molar-refractivity contribution in [2.75, 3.05) is 5.75 Å². The fourth-order valence-electron chi connectivity index (χ4n) is 3.09. The van der Waals surface area contributed by atoms with Crippen molar-refractivity contribution in [2.45, 2.75) is 24.7 Å². The predicted octanol–water partition coefficient (Wildman–Crippen LogP) is 3.64. The lowest BCUT2D eigenvalue weighted by Crippen LogP contribution is -2.22. The fraction of sp³-hybridized carbons (Fsp3) is 0.211. The molecule has 0 N–H and O–H groups in total. The second-order valence-electron chi connectivity index (χ2n) is 6.37. The Morgan fingerprint density at radius 1 is 1.30 bits per heavy atom. The van der Waals surface area contributed by atoms with Crippen LogP contribution in [0.2, 0.25) is 0 Å². The maximum Gasteiger partial charge on any atom is 0.419 e. The summed E-state index contributed by atoms with van der Waals surface area (Å²) in [5.41, 5.74) is 0.491. The Hall–Kier alpha value is -3.18. The first-order valence-electron chi connectivity index (χ1n) is 8.99. The summed E-state index contributed by atoms with van der Waals surface area (Å²) < 4.78 is 8.13. The number of hydrogen-bond donors (Lipinski definition) is 0. The fourth-order valence-corrected chi connectivity index (χ4v) is 4.83. The van der Waals surface area contributed by atoms with Crippen molar-refractivity contribution in [3.63, 3.8) is 0 Å². The molecule has 0 spiro atoms. The Kier molecular flexibility index (Phi) is 5.55. The Bertz CT molecular complexity index is 1380. The Balaban J connectivity index is 1.53. The van der Waals surface area contributed by atoms with Crippen molar-refractivity contribution >= 4 is 50.1 Å². The molecule has 0 fully saturated rings. The summed E-state index contributed by atoms with van der Waals surface area (Å²) in [4.78, 5) is 40.6. The number of thiophene rings is 1. The number of nitro benzene ring substituents is 1. The van der Waals surface area contributed by atoms with Crippen LogP contribution in [0.25, 0.3) is 21.3 Å².